The van der Waals surface area contributed by atoms with Crippen molar-refractivity contribution >= 4 is 40.7 Å². The number of allylic oxidation sites excluding steroid dienone is 1. The van der Waals surface area contributed by atoms with Crippen LogP contribution in [0.2, 0.25) is 0 Å². The number of anilines is 1. The summed E-state index contributed by atoms with van der Waals surface area (Å²) < 4.78 is 11.8. The highest BCUT2D eigenvalue weighted by molar-refractivity contribution is 5.96. The molecule has 0 radical (unpaired) electrons. The molecule has 2 fully saturated rings. The summed E-state index contributed by atoms with van der Waals surface area (Å²) in [4.78, 5) is 64.0. The molecule has 1 aromatic heterocycles. The van der Waals surface area contributed by atoms with Gasteiger partial charge in [-0.1, -0.05) is 43.0 Å². The van der Waals surface area contributed by atoms with Crippen molar-refractivity contribution in [3.05, 3.63) is 36.4 Å². The summed E-state index contributed by atoms with van der Waals surface area (Å²) >= 11 is 0. The fourth-order valence-corrected chi connectivity index (χ4v) is 6.07. The van der Waals surface area contributed by atoms with Crippen molar-refractivity contribution in [2.75, 3.05) is 18.4 Å². The van der Waals surface area contributed by atoms with Crippen molar-refractivity contribution in [3.8, 4) is 18.2 Å². The summed E-state index contributed by atoms with van der Waals surface area (Å²) in [5.41, 5.74) is -1.04. The van der Waals surface area contributed by atoms with Gasteiger partial charge in [-0.25, -0.2) is 19.6 Å². The van der Waals surface area contributed by atoms with Gasteiger partial charge in [0.15, 0.2) is 5.82 Å². The maximum Gasteiger partial charge on any atom is 0.408 e. The number of amides is 3. The lowest BCUT2D eigenvalue weighted by Gasteiger charge is -2.30. The average Bonchev–Trinajstić information content (AvgIpc) is 3.54. The molecule has 2 aromatic rings. The summed E-state index contributed by atoms with van der Waals surface area (Å²) in [6, 6.07) is 5.20. The van der Waals surface area contributed by atoms with Gasteiger partial charge in [0.25, 0.3) is 5.88 Å². The van der Waals surface area contributed by atoms with Crippen molar-refractivity contribution in [1.29, 1.82) is 0 Å². The molecule has 1 aliphatic carbocycles. The Hall–Kier alpha value is -4.86. The predicted molar refractivity (Wildman–Crippen MR) is 173 cm³/mol. The number of ether oxygens (including phenoxy) is 2. The molecule has 1 saturated heterocycles. The summed E-state index contributed by atoms with van der Waals surface area (Å²) in [6.45, 7) is 5.33. The minimum absolute atomic E-state index is 0.0179. The topological polar surface area (TPSA) is 172 Å². The van der Waals surface area contributed by atoms with Gasteiger partial charge in [-0.05, 0) is 58.6 Å². The van der Waals surface area contributed by atoms with Crippen LogP contribution in [0.3, 0.4) is 0 Å². The van der Waals surface area contributed by atoms with E-state index in [1.807, 2.05) is 24.3 Å². The minimum atomic E-state index is -1.45. The first-order valence-electron chi connectivity index (χ1n) is 16.0. The van der Waals surface area contributed by atoms with Crippen LogP contribution in [0, 0.1) is 18.3 Å². The van der Waals surface area contributed by atoms with Crippen LogP contribution in [-0.2, 0) is 19.1 Å². The van der Waals surface area contributed by atoms with E-state index in [1.54, 1.807) is 32.9 Å². The van der Waals surface area contributed by atoms with E-state index in [1.165, 1.54) is 4.90 Å². The monoisotopic (exact) mass is 646 g/mol. The van der Waals surface area contributed by atoms with E-state index in [2.05, 4.69) is 31.8 Å². The van der Waals surface area contributed by atoms with Gasteiger partial charge >= 0.3 is 12.1 Å². The largest absolute Gasteiger partial charge is 0.479 e. The third-order valence-corrected chi connectivity index (χ3v) is 8.49. The van der Waals surface area contributed by atoms with Crippen LogP contribution in [0.25, 0.3) is 11.0 Å². The van der Waals surface area contributed by atoms with Gasteiger partial charge < -0.3 is 35.4 Å². The van der Waals surface area contributed by atoms with E-state index in [9.17, 15) is 24.3 Å². The van der Waals surface area contributed by atoms with E-state index in [-0.39, 0.29) is 37.7 Å². The highest BCUT2D eigenvalue weighted by Gasteiger charge is 2.61. The molecular formula is C34H42N6O7. The van der Waals surface area contributed by atoms with Crippen LogP contribution in [0.1, 0.15) is 65.7 Å². The van der Waals surface area contributed by atoms with Crippen LogP contribution < -0.4 is 20.7 Å². The maximum absolute atomic E-state index is 14.2. The Kier molecular flexibility index (Phi) is 9.88. The van der Waals surface area contributed by atoms with Crippen molar-refractivity contribution in [3.63, 3.8) is 0 Å². The van der Waals surface area contributed by atoms with Crippen LogP contribution >= 0.6 is 0 Å². The second-order valence-electron chi connectivity index (χ2n) is 13.2. The molecule has 1 aromatic carbocycles. The second-order valence-corrected chi connectivity index (χ2v) is 13.2. The summed E-state index contributed by atoms with van der Waals surface area (Å²) in [5.74, 6) is 0.385. The van der Waals surface area contributed by atoms with E-state index in [0.717, 1.165) is 19.3 Å². The lowest BCUT2D eigenvalue weighted by molar-refractivity contribution is -0.145. The maximum atomic E-state index is 14.2. The normalized spacial score (nSPS) is 27.1. The van der Waals surface area contributed by atoms with Gasteiger partial charge in [0, 0.05) is 12.3 Å². The van der Waals surface area contributed by atoms with Crippen molar-refractivity contribution in [2.45, 2.75) is 95.0 Å². The highest BCUT2D eigenvalue weighted by atomic mass is 16.6. The lowest BCUT2D eigenvalue weighted by Crippen LogP contribution is -2.56. The number of aliphatic carboxylic acids is 1. The van der Waals surface area contributed by atoms with Gasteiger partial charge in [0.05, 0.1) is 24.1 Å². The number of carbonyl (C=O) groups is 4. The van der Waals surface area contributed by atoms with Gasteiger partial charge in [-0.15, -0.1) is 6.42 Å². The molecule has 2 aliphatic heterocycles. The fraction of sp³-hybridized carbons (Fsp3) is 0.529. The molecule has 5 rings (SSSR count). The number of rotatable bonds is 6. The predicted octanol–water partition coefficient (Wildman–Crippen LogP) is 3.40. The molecule has 3 aliphatic rings. The number of para-hydroxylation sites is 2. The molecule has 13 nitrogen and oxygen atoms in total. The molecule has 0 spiro atoms. The zero-order chi connectivity index (χ0) is 33.8. The number of hydrogen-bond donors (Lipinski definition) is 4. The fourth-order valence-electron chi connectivity index (χ4n) is 6.07. The Labute approximate surface area is 273 Å². The van der Waals surface area contributed by atoms with Crippen LogP contribution in [0.4, 0.5) is 10.6 Å². The molecule has 13 heteroatoms. The van der Waals surface area contributed by atoms with E-state index >= 15 is 0 Å². The van der Waals surface area contributed by atoms with Crippen molar-refractivity contribution < 1.29 is 33.8 Å². The Morgan fingerprint density at radius 2 is 1.91 bits per heavy atom. The summed E-state index contributed by atoms with van der Waals surface area (Å²) in [5, 5.41) is 18.6. The number of carboxylic acids is 1. The molecular weight excluding hydrogens is 604 g/mol. The Morgan fingerprint density at radius 3 is 2.62 bits per heavy atom. The van der Waals surface area contributed by atoms with E-state index in [4.69, 9.17) is 15.9 Å². The first-order chi connectivity index (χ1) is 22.4. The molecule has 47 heavy (non-hydrogen) atoms. The first kappa shape index (κ1) is 33.5. The van der Waals surface area contributed by atoms with Crippen LogP contribution in [0.15, 0.2) is 36.4 Å². The number of hydrogen-bond acceptors (Lipinski definition) is 9. The van der Waals surface area contributed by atoms with Gasteiger partial charge in [0.2, 0.25) is 11.8 Å². The smallest absolute Gasteiger partial charge is 0.408 e. The standard InChI is InChI=1S/C34H42N6O7/c1-5-17-35-27-29(37-24-15-12-11-14-23(24)36-27)46-22-18-26-28(41)39-34(31(43)44)19-21(34)13-9-7-6-8-10-16-25(30(42)40(26)20-22)38-32(45)47-33(2,3)4/h1,9,11-15,21-22,25-26H,6-8,10,16-20H2,2-4H3,(H,35,36)(H,38,45)(H,39,41)(H,43,44)/b13-9-/t21?,22-,25-,26?,34?/m1/s1. The molecule has 5 atom stereocenters. The third kappa shape index (κ3) is 7.93. The molecule has 1 saturated carbocycles. The number of aromatic nitrogens is 2. The SMILES string of the molecule is C#CCNc1nc2ccccc2nc1O[C@@H]1CC2C(=O)NC3(C(=O)O)CC3/C=C\CCCCC[C@@H](NC(=O)OC(C)(C)C)C(=O)N2C1. The quantitative estimate of drug-likeness (QED) is 0.269. The minimum Gasteiger partial charge on any atom is -0.479 e. The highest BCUT2D eigenvalue weighted by Crippen LogP contribution is 2.45. The Balaban J connectivity index is 1.46. The van der Waals surface area contributed by atoms with Gasteiger partial charge in [-0.2, -0.15) is 0 Å². The van der Waals surface area contributed by atoms with Crippen LogP contribution in [0.5, 0.6) is 5.88 Å². The first-order valence-corrected chi connectivity index (χ1v) is 16.0. The van der Waals surface area contributed by atoms with Crippen molar-refractivity contribution in [1.82, 2.24) is 25.5 Å². The molecule has 0 bridgehead atoms. The third-order valence-electron chi connectivity index (χ3n) is 8.49. The zero-order valence-corrected chi connectivity index (χ0v) is 27.0. The van der Waals surface area contributed by atoms with Gasteiger partial charge in [0.1, 0.15) is 29.3 Å². The number of nitrogens with zero attached hydrogens (tertiary/aromatic N) is 3. The number of alkyl carbamates (subject to hydrolysis) is 1. The average molecular weight is 647 g/mol. The number of nitrogens with one attached hydrogen (secondary N) is 3. The summed E-state index contributed by atoms with van der Waals surface area (Å²) in [7, 11) is 0. The molecule has 3 amide bonds. The molecule has 3 heterocycles. The Morgan fingerprint density at radius 1 is 1.17 bits per heavy atom. The van der Waals surface area contributed by atoms with E-state index in [0.29, 0.717) is 29.7 Å². The molecule has 250 valence electrons. The number of benzene rings is 1. The number of terminal acetylenes is 1. The number of carbonyl (C=O) groups excluding carboxylic acids is 3. The number of fused-ring (bicyclic) bond motifs is 3. The molecule has 3 unspecified atom stereocenters. The number of carboxylic acid groups (broad SMARTS) is 1. The lowest BCUT2D eigenvalue weighted by atomic mass is 10.0. The van der Waals surface area contributed by atoms with Crippen LogP contribution in [-0.4, -0.2) is 86.3 Å². The second kappa shape index (κ2) is 13.9. The van der Waals surface area contributed by atoms with E-state index < -0.39 is 53.2 Å². The zero-order valence-electron chi connectivity index (χ0n) is 27.0. The van der Waals surface area contributed by atoms with Crippen molar-refractivity contribution in [2.24, 2.45) is 5.92 Å². The molecule has 4 N–H and O–H groups in total. The summed E-state index contributed by atoms with van der Waals surface area (Å²) in [6.07, 6.45) is 11.5. The van der Waals surface area contributed by atoms with Gasteiger partial charge in [-0.3, -0.25) is 9.59 Å². The Bertz CT molecular complexity index is 1600.